The van der Waals surface area contributed by atoms with E-state index in [1.165, 1.54) is 36.0 Å². The van der Waals surface area contributed by atoms with E-state index in [0.29, 0.717) is 6.54 Å². The Bertz CT molecular complexity index is 1150. The van der Waals surface area contributed by atoms with Crippen molar-refractivity contribution >= 4 is 33.4 Å². The molecule has 0 radical (unpaired) electrons. The van der Waals surface area contributed by atoms with Crippen molar-refractivity contribution in [3.05, 3.63) is 24.4 Å². The molecule has 180 valence electrons. The van der Waals surface area contributed by atoms with Crippen LogP contribution in [0.2, 0.25) is 0 Å². The first kappa shape index (κ1) is 24.2. The molecule has 1 aliphatic heterocycles. The summed E-state index contributed by atoms with van der Waals surface area (Å²) in [7, 11) is -4.23. The molecule has 1 aliphatic rings. The van der Waals surface area contributed by atoms with Crippen molar-refractivity contribution in [2.75, 3.05) is 22.8 Å². The number of hydrogen-bond donors (Lipinski definition) is 3. The fourth-order valence-electron chi connectivity index (χ4n) is 3.49. The second-order valence-corrected chi connectivity index (χ2v) is 9.12. The van der Waals surface area contributed by atoms with Crippen LogP contribution in [0.5, 0.6) is 11.6 Å². The number of carbonyl (C=O) groups is 2. The molecule has 0 saturated carbocycles. The van der Waals surface area contributed by atoms with E-state index < -0.39 is 28.3 Å². The van der Waals surface area contributed by atoms with E-state index in [1.807, 2.05) is 6.92 Å². The summed E-state index contributed by atoms with van der Waals surface area (Å²) in [5.41, 5.74) is 0.325. The molecule has 2 aromatic rings. The number of hydrogen-bond acceptors (Lipinski definition) is 7. The third-order valence-electron chi connectivity index (χ3n) is 5.02. The van der Waals surface area contributed by atoms with Crippen LogP contribution < -0.4 is 24.4 Å². The molecule has 2 amide bonds. The molecular weight excluding hydrogens is 454 g/mol. The molecule has 1 aromatic carbocycles. The summed E-state index contributed by atoms with van der Waals surface area (Å²) in [5.74, 6) is -0.0866. The Morgan fingerprint density at radius 2 is 2.03 bits per heavy atom. The van der Waals surface area contributed by atoms with Crippen LogP contribution in [0, 0.1) is 0 Å². The van der Waals surface area contributed by atoms with E-state index >= 15 is 0 Å². The summed E-state index contributed by atoms with van der Waals surface area (Å²) < 4.78 is 41.9. The first-order valence-electron chi connectivity index (χ1n) is 10.4. The minimum atomic E-state index is -4.23. The van der Waals surface area contributed by atoms with E-state index in [-0.39, 0.29) is 47.0 Å². The Kier molecular flexibility index (Phi) is 7.01. The first-order valence-corrected chi connectivity index (χ1v) is 11.8. The molecule has 3 N–H and O–H groups in total. The lowest BCUT2D eigenvalue weighted by Gasteiger charge is -2.40. The normalized spacial score (nSPS) is 17.6. The Hall–Kier alpha value is -3.48. The van der Waals surface area contributed by atoms with Crippen molar-refractivity contribution in [1.29, 1.82) is 0 Å². The molecule has 0 spiro atoms. The highest BCUT2D eigenvalue weighted by atomic mass is 32.2. The van der Waals surface area contributed by atoms with E-state index in [2.05, 4.69) is 15.7 Å². The minimum absolute atomic E-state index is 0.0298. The molecule has 0 unspecified atom stereocenters. The van der Waals surface area contributed by atoms with E-state index in [1.54, 1.807) is 13.8 Å². The van der Waals surface area contributed by atoms with Gasteiger partial charge in [-0.05, 0) is 39.0 Å². The highest BCUT2D eigenvalue weighted by Crippen LogP contribution is 2.42. The van der Waals surface area contributed by atoms with Gasteiger partial charge in [0.2, 0.25) is 5.91 Å². The number of carboxylic acid groups (broad SMARTS) is 1. The summed E-state index contributed by atoms with van der Waals surface area (Å²) in [6.45, 7) is 7.27. The summed E-state index contributed by atoms with van der Waals surface area (Å²) in [4.78, 5) is 22.4. The van der Waals surface area contributed by atoms with Gasteiger partial charge in [0.1, 0.15) is 11.9 Å². The maximum absolute atomic E-state index is 13.9. The van der Waals surface area contributed by atoms with Gasteiger partial charge in [0.15, 0.2) is 4.90 Å². The molecule has 0 aliphatic carbocycles. The lowest BCUT2D eigenvalue weighted by Crippen LogP contribution is -2.54. The zero-order valence-electron chi connectivity index (χ0n) is 18.7. The van der Waals surface area contributed by atoms with Crippen molar-refractivity contribution in [3.8, 4) is 11.6 Å². The fraction of sp³-hybridized carbons (Fsp3) is 0.450. The van der Waals surface area contributed by atoms with Crippen molar-refractivity contribution in [2.45, 2.75) is 51.3 Å². The molecule has 0 saturated heterocycles. The average Bonchev–Trinajstić information content (AvgIpc) is 3.16. The molecule has 33 heavy (non-hydrogen) atoms. The second-order valence-electron chi connectivity index (χ2n) is 7.33. The number of rotatable bonds is 8. The van der Waals surface area contributed by atoms with Gasteiger partial charge in [0.25, 0.3) is 15.9 Å². The number of sulfonamides is 1. The Morgan fingerprint density at radius 3 is 2.64 bits per heavy atom. The quantitative estimate of drug-likeness (QED) is 0.517. The Labute approximate surface area is 191 Å². The van der Waals surface area contributed by atoms with Gasteiger partial charge in [0.05, 0.1) is 24.9 Å². The largest absolute Gasteiger partial charge is 0.484 e. The standard InChI is InChI=1S/C20H27N5O7S/c1-5-24-11-18(19(23-24)31-6-2)33(29,30)25-12(3)17(10-21-13(4)26)32-16-8-7-14(9-15(16)25)22-20(27)28/h7-9,11-12,17,22H,5-6,10H2,1-4H3,(H,21,26)(H,27,28)/t12-,17+/m1/s1. The predicted octanol–water partition coefficient (Wildman–Crippen LogP) is 1.87. The molecule has 0 bridgehead atoms. The summed E-state index contributed by atoms with van der Waals surface area (Å²) in [5, 5.41) is 18.2. The molecule has 12 nitrogen and oxygen atoms in total. The van der Waals surface area contributed by atoms with Gasteiger partial charge in [-0.15, -0.1) is 5.10 Å². The summed E-state index contributed by atoms with van der Waals surface area (Å²) in [6.07, 6.45) is -0.601. The SMILES string of the molecule is CCOc1nn(CC)cc1S(=O)(=O)N1c2cc(NC(=O)O)ccc2O[C@@H](CNC(C)=O)[C@H]1C. The third kappa shape index (κ3) is 4.97. The number of nitrogens with one attached hydrogen (secondary N) is 2. The smallest absolute Gasteiger partial charge is 0.409 e. The number of anilines is 2. The Balaban J connectivity index is 2.15. The number of aryl methyl sites for hydroxylation is 1. The highest BCUT2D eigenvalue weighted by molar-refractivity contribution is 7.93. The zero-order chi connectivity index (χ0) is 24.3. The first-order chi connectivity index (χ1) is 15.6. The van der Waals surface area contributed by atoms with Crippen LogP contribution in [0.25, 0.3) is 0 Å². The maximum Gasteiger partial charge on any atom is 0.409 e. The van der Waals surface area contributed by atoms with Crippen molar-refractivity contribution in [2.24, 2.45) is 0 Å². The number of benzene rings is 1. The van der Waals surface area contributed by atoms with Gasteiger partial charge in [-0.2, -0.15) is 0 Å². The van der Waals surface area contributed by atoms with Crippen molar-refractivity contribution in [3.63, 3.8) is 0 Å². The number of ether oxygens (including phenoxy) is 2. The number of nitrogens with zero attached hydrogens (tertiary/aromatic N) is 3. The topological polar surface area (TPSA) is 152 Å². The number of aromatic nitrogens is 2. The van der Waals surface area contributed by atoms with Gasteiger partial charge in [0, 0.05) is 25.4 Å². The van der Waals surface area contributed by atoms with Crippen LogP contribution in [0.15, 0.2) is 29.3 Å². The van der Waals surface area contributed by atoms with E-state index in [4.69, 9.17) is 14.6 Å². The van der Waals surface area contributed by atoms with Crippen LogP contribution >= 0.6 is 0 Å². The molecule has 2 atom stereocenters. The van der Waals surface area contributed by atoms with Crippen LogP contribution in [0.3, 0.4) is 0 Å². The van der Waals surface area contributed by atoms with Crippen LogP contribution in [0.1, 0.15) is 27.7 Å². The Morgan fingerprint density at radius 1 is 1.30 bits per heavy atom. The fourth-order valence-corrected chi connectivity index (χ4v) is 5.26. The number of amides is 2. The monoisotopic (exact) mass is 481 g/mol. The van der Waals surface area contributed by atoms with Gasteiger partial charge < -0.3 is 19.9 Å². The predicted molar refractivity (Wildman–Crippen MR) is 119 cm³/mol. The van der Waals surface area contributed by atoms with Crippen LogP contribution in [-0.4, -0.2) is 60.6 Å². The second kappa shape index (κ2) is 9.57. The molecular formula is C20H27N5O7S. The van der Waals surface area contributed by atoms with Gasteiger partial charge in [-0.1, -0.05) is 0 Å². The van der Waals surface area contributed by atoms with Crippen molar-refractivity contribution < 1.29 is 32.6 Å². The van der Waals surface area contributed by atoms with Crippen LogP contribution in [0.4, 0.5) is 16.2 Å². The van der Waals surface area contributed by atoms with Gasteiger partial charge in [-0.3, -0.25) is 19.1 Å². The lowest BCUT2D eigenvalue weighted by molar-refractivity contribution is -0.119. The number of fused-ring (bicyclic) bond motifs is 1. The summed E-state index contributed by atoms with van der Waals surface area (Å²) in [6, 6.07) is 3.57. The molecule has 0 fully saturated rings. The van der Waals surface area contributed by atoms with E-state index in [9.17, 15) is 18.0 Å². The van der Waals surface area contributed by atoms with Gasteiger partial charge in [-0.25, -0.2) is 13.2 Å². The highest BCUT2D eigenvalue weighted by Gasteiger charge is 2.42. The number of carbonyl (C=O) groups excluding carboxylic acids is 1. The average molecular weight is 482 g/mol. The van der Waals surface area contributed by atoms with Crippen LogP contribution in [-0.2, 0) is 21.4 Å². The molecule has 1 aromatic heterocycles. The summed E-state index contributed by atoms with van der Waals surface area (Å²) >= 11 is 0. The van der Waals surface area contributed by atoms with E-state index in [0.717, 1.165) is 4.31 Å². The molecule has 3 rings (SSSR count). The lowest BCUT2D eigenvalue weighted by atomic mass is 10.1. The van der Waals surface area contributed by atoms with Gasteiger partial charge >= 0.3 is 6.09 Å². The molecule has 13 heteroatoms. The minimum Gasteiger partial charge on any atom is -0.484 e. The third-order valence-corrected chi connectivity index (χ3v) is 6.91. The molecule has 2 heterocycles. The zero-order valence-corrected chi connectivity index (χ0v) is 19.5. The van der Waals surface area contributed by atoms with Crippen molar-refractivity contribution in [1.82, 2.24) is 15.1 Å². The maximum atomic E-state index is 13.9.